The molecule has 0 rings (SSSR count). The molecular weight excluding hydrogens is 221 g/mol. The zero-order valence-electron chi connectivity index (χ0n) is 7.63. The molecule has 0 saturated carbocycles. The van der Waals surface area contributed by atoms with Crippen molar-refractivity contribution < 1.29 is 21.6 Å². The van der Waals surface area contributed by atoms with Gasteiger partial charge in [-0.15, -0.1) is 0 Å². The number of primary sulfonamides is 1. The molecule has 4 nitrogen and oxygen atoms in total. The van der Waals surface area contributed by atoms with Crippen molar-refractivity contribution in [2.24, 2.45) is 5.14 Å². The Labute approximate surface area is 80.7 Å². The van der Waals surface area contributed by atoms with Crippen molar-refractivity contribution in [3.8, 4) is 0 Å². The molecule has 0 aliphatic rings. The molecule has 0 bridgehead atoms. The number of alkyl halides is 3. The lowest BCUT2D eigenvalue weighted by Gasteiger charge is -2.15. The van der Waals surface area contributed by atoms with Gasteiger partial charge in [-0.25, -0.2) is 13.6 Å². The van der Waals surface area contributed by atoms with Crippen LogP contribution in [-0.2, 0) is 10.0 Å². The molecule has 0 aromatic heterocycles. The van der Waals surface area contributed by atoms with Crippen LogP contribution in [0.5, 0.6) is 0 Å². The van der Waals surface area contributed by atoms with E-state index in [2.05, 4.69) is 10.5 Å². The van der Waals surface area contributed by atoms with Crippen LogP contribution < -0.4 is 10.5 Å². The smallest absolute Gasteiger partial charge is 0.313 e. The first kappa shape index (κ1) is 13.7. The van der Waals surface area contributed by atoms with Crippen molar-refractivity contribution in [1.29, 1.82) is 0 Å². The van der Waals surface area contributed by atoms with Crippen LogP contribution in [0.15, 0.2) is 0 Å². The molecule has 0 saturated heterocycles. The van der Waals surface area contributed by atoms with Crippen LogP contribution in [-0.4, -0.2) is 32.9 Å². The van der Waals surface area contributed by atoms with Gasteiger partial charge in [0.1, 0.15) is 0 Å². The second-order valence-electron chi connectivity index (χ2n) is 3.04. The van der Waals surface area contributed by atoms with E-state index < -0.39 is 28.7 Å². The van der Waals surface area contributed by atoms with E-state index in [4.69, 9.17) is 0 Å². The number of nitrogens with one attached hydrogen (secondary N) is 1. The summed E-state index contributed by atoms with van der Waals surface area (Å²) in [5, 5.41) is 7.08. The summed E-state index contributed by atoms with van der Waals surface area (Å²) in [7, 11) is -3.61. The molecule has 0 radical (unpaired) electrons. The van der Waals surface area contributed by atoms with Crippen molar-refractivity contribution in [2.45, 2.75) is 25.6 Å². The highest BCUT2D eigenvalue weighted by atomic mass is 32.2. The summed E-state index contributed by atoms with van der Waals surface area (Å²) in [5.41, 5.74) is 0. The van der Waals surface area contributed by atoms with E-state index in [0.29, 0.717) is 0 Å². The molecule has 0 amide bonds. The Balaban J connectivity index is 3.71. The third-order valence-corrected chi connectivity index (χ3v) is 2.19. The highest BCUT2D eigenvalue weighted by molar-refractivity contribution is 7.89. The molecule has 0 fully saturated rings. The number of nitrogens with two attached hydrogens (primary N) is 1. The van der Waals surface area contributed by atoms with Gasteiger partial charge >= 0.3 is 6.18 Å². The molecule has 14 heavy (non-hydrogen) atoms. The lowest BCUT2D eigenvalue weighted by molar-refractivity contribution is -0.138. The van der Waals surface area contributed by atoms with Crippen LogP contribution in [0.4, 0.5) is 13.2 Å². The molecule has 3 N–H and O–H groups in total. The molecule has 1 unspecified atom stereocenters. The molecule has 0 spiro atoms. The minimum Gasteiger partial charge on any atom is -0.313 e. The van der Waals surface area contributed by atoms with E-state index in [1.807, 2.05) is 0 Å². The summed E-state index contributed by atoms with van der Waals surface area (Å²) in [5.74, 6) is -0.366. The first-order valence-corrected chi connectivity index (χ1v) is 5.62. The maximum Gasteiger partial charge on any atom is 0.390 e. The van der Waals surface area contributed by atoms with Crippen molar-refractivity contribution in [1.82, 2.24) is 5.32 Å². The zero-order chi connectivity index (χ0) is 11.4. The third kappa shape index (κ3) is 9.75. The molecular formula is C6H13F3N2O2S. The van der Waals surface area contributed by atoms with Crippen molar-refractivity contribution >= 4 is 10.0 Å². The molecule has 0 aliphatic carbocycles. The molecule has 0 aliphatic heterocycles. The van der Waals surface area contributed by atoms with Crippen LogP contribution >= 0.6 is 0 Å². The Kier molecular flexibility index (Phi) is 4.82. The fraction of sp³-hybridized carbons (Fsp3) is 1.00. The van der Waals surface area contributed by atoms with Crippen LogP contribution in [0.3, 0.4) is 0 Å². The monoisotopic (exact) mass is 234 g/mol. The van der Waals surface area contributed by atoms with E-state index in [9.17, 15) is 21.6 Å². The van der Waals surface area contributed by atoms with Gasteiger partial charge in [0.05, 0.1) is 12.2 Å². The lowest BCUT2D eigenvalue weighted by atomic mass is 10.2. The van der Waals surface area contributed by atoms with Gasteiger partial charge in [-0.2, -0.15) is 13.2 Å². The maximum absolute atomic E-state index is 11.8. The predicted molar refractivity (Wildman–Crippen MR) is 46.1 cm³/mol. The maximum atomic E-state index is 11.8. The van der Waals surface area contributed by atoms with Gasteiger partial charge in [-0.3, -0.25) is 0 Å². The predicted octanol–water partition coefficient (Wildman–Crippen LogP) is 0.205. The van der Waals surface area contributed by atoms with Crippen LogP contribution in [0.2, 0.25) is 0 Å². The van der Waals surface area contributed by atoms with Crippen molar-refractivity contribution in [3.63, 3.8) is 0 Å². The van der Waals surface area contributed by atoms with Gasteiger partial charge in [-0.05, 0) is 6.92 Å². The fourth-order valence-corrected chi connectivity index (χ4v) is 1.27. The van der Waals surface area contributed by atoms with Gasteiger partial charge in [0, 0.05) is 12.6 Å². The summed E-state index contributed by atoms with van der Waals surface area (Å²) >= 11 is 0. The van der Waals surface area contributed by atoms with Gasteiger partial charge in [0.15, 0.2) is 0 Å². The number of sulfonamides is 1. The van der Waals surface area contributed by atoms with E-state index in [1.54, 1.807) is 0 Å². The van der Waals surface area contributed by atoms with Gasteiger partial charge in [0.25, 0.3) is 0 Å². The van der Waals surface area contributed by atoms with Crippen LogP contribution in [0, 0.1) is 0 Å². The van der Waals surface area contributed by atoms with E-state index in [-0.39, 0.29) is 12.3 Å². The zero-order valence-corrected chi connectivity index (χ0v) is 8.45. The Hall–Kier alpha value is -0.340. The summed E-state index contributed by atoms with van der Waals surface area (Å²) in [6.07, 6.45) is -5.23. The molecule has 0 heterocycles. The minimum atomic E-state index is -4.24. The van der Waals surface area contributed by atoms with Gasteiger partial charge in [0.2, 0.25) is 10.0 Å². The summed E-state index contributed by atoms with van der Waals surface area (Å²) in [6, 6.07) is -0.809. The minimum absolute atomic E-state index is 0.0733. The summed E-state index contributed by atoms with van der Waals surface area (Å²) in [4.78, 5) is 0. The Morgan fingerprint density at radius 1 is 1.43 bits per heavy atom. The highest BCUT2D eigenvalue weighted by Gasteiger charge is 2.29. The number of hydrogen-bond acceptors (Lipinski definition) is 3. The fourth-order valence-electron chi connectivity index (χ4n) is 0.867. The largest absolute Gasteiger partial charge is 0.390 e. The number of hydrogen-bond donors (Lipinski definition) is 2. The van der Waals surface area contributed by atoms with E-state index in [0.717, 1.165) is 0 Å². The molecule has 0 aromatic carbocycles. The molecule has 1 atom stereocenters. The normalized spacial score (nSPS) is 15.5. The SMILES string of the molecule is CC(CC(F)(F)F)NCCS(N)(=O)=O. The van der Waals surface area contributed by atoms with E-state index in [1.165, 1.54) is 6.92 Å². The Morgan fingerprint density at radius 3 is 2.29 bits per heavy atom. The average molecular weight is 234 g/mol. The van der Waals surface area contributed by atoms with Crippen molar-refractivity contribution in [2.75, 3.05) is 12.3 Å². The molecule has 0 aromatic rings. The summed E-state index contributed by atoms with van der Waals surface area (Å²) in [6.45, 7) is 1.26. The number of halogens is 3. The second-order valence-corrected chi connectivity index (χ2v) is 4.78. The molecule has 86 valence electrons. The average Bonchev–Trinajstić information content (AvgIpc) is 1.78. The van der Waals surface area contributed by atoms with Crippen LogP contribution in [0.25, 0.3) is 0 Å². The van der Waals surface area contributed by atoms with Crippen LogP contribution in [0.1, 0.15) is 13.3 Å². The number of rotatable bonds is 5. The quantitative estimate of drug-likeness (QED) is 0.714. The Morgan fingerprint density at radius 2 is 1.93 bits per heavy atom. The first-order valence-electron chi connectivity index (χ1n) is 3.91. The van der Waals surface area contributed by atoms with Crippen molar-refractivity contribution in [3.05, 3.63) is 0 Å². The topological polar surface area (TPSA) is 72.2 Å². The highest BCUT2D eigenvalue weighted by Crippen LogP contribution is 2.20. The standard InChI is InChI=1S/C6H13F3N2O2S/c1-5(4-6(7,8)9)11-2-3-14(10,12)13/h5,11H,2-4H2,1H3,(H2,10,12,13). The molecule has 8 heteroatoms. The summed E-state index contributed by atoms with van der Waals surface area (Å²) < 4.78 is 56.2. The third-order valence-electron chi connectivity index (χ3n) is 1.42. The van der Waals surface area contributed by atoms with E-state index >= 15 is 0 Å². The first-order chi connectivity index (χ1) is 6.10. The second kappa shape index (κ2) is 4.94. The van der Waals surface area contributed by atoms with Gasteiger partial charge in [-0.1, -0.05) is 0 Å². The lowest BCUT2D eigenvalue weighted by Crippen LogP contribution is -2.35. The van der Waals surface area contributed by atoms with Gasteiger partial charge < -0.3 is 5.32 Å². The Bertz CT molecular complexity index is 263.